The van der Waals surface area contributed by atoms with Crippen molar-refractivity contribution in [1.82, 2.24) is 19.9 Å². The van der Waals surface area contributed by atoms with E-state index in [0.29, 0.717) is 5.03 Å². The largest absolute Gasteiger partial charge is 0.480 e. The maximum absolute atomic E-state index is 11.2. The summed E-state index contributed by atoms with van der Waals surface area (Å²) < 4.78 is -0.973. The molecule has 2 aromatic rings. The summed E-state index contributed by atoms with van der Waals surface area (Å²) in [5.74, 6) is -0.897. The lowest BCUT2D eigenvalue weighted by molar-refractivity contribution is -0.138. The Balaban J connectivity index is 2.40. The standard InChI is InChI=1S/C12H12N4O2S/c1-12(2,11(17)18)19-10-9(5-15-7-16-10)8-3-13-6-14-4-8/h3-7H,1-2H3,(H,17,18). The predicted octanol–water partition coefficient (Wildman–Crippen LogP) is 1.89. The third-order valence-electron chi connectivity index (χ3n) is 2.41. The van der Waals surface area contributed by atoms with E-state index in [2.05, 4.69) is 19.9 Å². The SMILES string of the molecule is CC(C)(Sc1ncncc1-c1cncnc1)C(=O)O. The molecule has 0 atom stereocenters. The molecule has 0 saturated heterocycles. The minimum absolute atomic E-state index is 0.595. The van der Waals surface area contributed by atoms with Crippen LogP contribution in [0.1, 0.15) is 13.8 Å². The zero-order chi connectivity index (χ0) is 13.9. The highest BCUT2D eigenvalue weighted by molar-refractivity contribution is 8.01. The Morgan fingerprint density at radius 3 is 2.42 bits per heavy atom. The van der Waals surface area contributed by atoms with Crippen molar-refractivity contribution in [2.75, 3.05) is 0 Å². The maximum atomic E-state index is 11.2. The first-order valence-electron chi connectivity index (χ1n) is 5.48. The van der Waals surface area contributed by atoms with Gasteiger partial charge in [-0.1, -0.05) is 11.8 Å². The molecule has 6 nitrogen and oxygen atoms in total. The number of nitrogens with zero attached hydrogens (tertiary/aromatic N) is 4. The van der Waals surface area contributed by atoms with Crippen molar-refractivity contribution < 1.29 is 9.90 Å². The summed E-state index contributed by atoms with van der Waals surface area (Å²) in [6.45, 7) is 3.26. The topological polar surface area (TPSA) is 88.9 Å². The van der Waals surface area contributed by atoms with Gasteiger partial charge in [-0.15, -0.1) is 0 Å². The fourth-order valence-corrected chi connectivity index (χ4v) is 2.27. The monoisotopic (exact) mass is 276 g/mol. The second kappa shape index (κ2) is 5.31. The first kappa shape index (κ1) is 13.4. The average Bonchev–Trinajstić information content (AvgIpc) is 2.40. The summed E-state index contributed by atoms with van der Waals surface area (Å²) in [6.07, 6.45) is 7.74. The molecule has 0 fully saturated rings. The van der Waals surface area contributed by atoms with E-state index >= 15 is 0 Å². The minimum atomic E-state index is -0.973. The number of carboxylic acid groups (broad SMARTS) is 1. The molecule has 7 heteroatoms. The Morgan fingerprint density at radius 1 is 1.16 bits per heavy atom. The third kappa shape index (κ3) is 3.05. The number of thioether (sulfide) groups is 1. The molecule has 2 rings (SSSR count). The van der Waals surface area contributed by atoms with Gasteiger partial charge in [0, 0.05) is 29.7 Å². The normalized spacial score (nSPS) is 11.3. The average molecular weight is 276 g/mol. The third-order valence-corrected chi connectivity index (χ3v) is 3.62. The van der Waals surface area contributed by atoms with Gasteiger partial charge in [0.1, 0.15) is 22.4 Å². The van der Waals surface area contributed by atoms with Gasteiger partial charge in [0.25, 0.3) is 0 Å². The molecule has 0 aliphatic carbocycles. The van der Waals surface area contributed by atoms with Crippen molar-refractivity contribution in [3.8, 4) is 11.1 Å². The van der Waals surface area contributed by atoms with Gasteiger partial charge >= 0.3 is 5.97 Å². The molecular weight excluding hydrogens is 264 g/mol. The van der Waals surface area contributed by atoms with Gasteiger partial charge in [0.15, 0.2) is 0 Å². The van der Waals surface area contributed by atoms with E-state index < -0.39 is 10.7 Å². The molecule has 0 amide bonds. The van der Waals surface area contributed by atoms with Gasteiger partial charge in [-0.05, 0) is 13.8 Å². The highest BCUT2D eigenvalue weighted by Gasteiger charge is 2.30. The van der Waals surface area contributed by atoms with Gasteiger partial charge in [0.2, 0.25) is 0 Å². The van der Waals surface area contributed by atoms with Crippen molar-refractivity contribution in [3.05, 3.63) is 31.2 Å². The van der Waals surface area contributed by atoms with E-state index in [1.165, 1.54) is 24.4 Å². The van der Waals surface area contributed by atoms with E-state index in [-0.39, 0.29) is 0 Å². The molecule has 0 aromatic carbocycles. The van der Waals surface area contributed by atoms with Crippen molar-refractivity contribution >= 4 is 17.7 Å². The molecule has 0 bridgehead atoms. The summed E-state index contributed by atoms with van der Waals surface area (Å²) in [6, 6.07) is 0. The fraction of sp³-hybridized carbons (Fsp3) is 0.250. The lowest BCUT2D eigenvalue weighted by Crippen LogP contribution is -2.27. The summed E-state index contributed by atoms with van der Waals surface area (Å²) in [4.78, 5) is 27.2. The minimum Gasteiger partial charge on any atom is -0.480 e. The summed E-state index contributed by atoms with van der Waals surface area (Å²) in [7, 11) is 0. The first-order valence-corrected chi connectivity index (χ1v) is 6.30. The maximum Gasteiger partial charge on any atom is 0.319 e. The molecule has 19 heavy (non-hydrogen) atoms. The van der Waals surface area contributed by atoms with Crippen LogP contribution in [0, 0.1) is 0 Å². The van der Waals surface area contributed by atoms with Crippen LogP contribution >= 0.6 is 11.8 Å². The number of aromatic nitrogens is 4. The molecule has 98 valence electrons. The van der Waals surface area contributed by atoms with Crippen molar-refractivity contribution in [2.24, 2.45) is 0 Å². The number of hydrogen-bond acceptors (Lipinski definition) is 6. The Kier molecular flexibility index (Phi) is 3.75. The molecule has 0 aliphatic heterocycles. The number of hydrogen-bond donors (Lipinski definition) is 1. The first-order chi connectivity index (χ1) is 9.00. The molecular formula is C12H12N4O2S. The summed E-state index contributed by atoms with van der Waals surface area (Å²) in [5, 5.41) is 9.77. The van der Waals surface area contributed by atoms with E-state index in [1.807, 2.05) is 0 Å². The van der Waals surface area contributed by atoms with Crippen LogP contribution in [0.2, 0.25) is 0 Å². The van der Waals surface area contributed by atoms with E-state index in [1.54, 1.807) is 32.4 Å². The van der Waals surface area contributed by atoms with Crippen LogP contribution in [0.3, 0.4) is 0 Å². The van der Waals surface area contributed by atoms with E-state index in [9.17, 15) is 9.90 Å². The second-order valence-corrected chi connectivity index (χ2v) is 5.90. The van der Waals surface area contributed by atoms with Crippen LogP contribution in [0.5, 0.6) is 0 Å². The Morgan fingerprint density at radius 2 is 1.79 bits per heavy atom. The quantitative estimate of drug-likeness (QED) is 0.673. The zero-order valence-electron chi connectivity index (χ0n) is 10.4. The molecule has 0 aliphatic rings. The highest BCUT2D eigenvalue weighted by atomic mass is 32.2. The van der Waals surface area contributed by atoms with Crippen LogP contribution in [0.25, 0.3) is 11.1 Å². The van der Waals surface area contributed by atoms with Gasteiger partial charge in [0.05, 0.1) is 0 Å². The molecule has 2 heterocycles. The van der Waals surface area contributed by atoms with Gasteiger partial charge in [-0.25, -0.2) is 19.9 Å². The summed E-state index contributed by atoms with van der Waals surface area (Å²) in [5.41, 5.74) is 1.48. The summed E-state index contributed by atoms with van der Waals surface area (Å²) >= 11 is 1.17. The van der Waals surface area contributed by atoms with Crippen LogP contribution in [-0.4, -0.2) is 35.8 Å². The Labute approximate surface area is 114 Å². The van der Waals surface area contributed by atoms with Crippen LogP contribution in [-0.2, 0) is 4.79 Å². The lowest BCUT2D eigenvalue weighted by Gasteiger charge is -2.19. The second-order valence-electron chi connectivity index (χ2n) is 4.29. The molecule has 0 saturated carbocycles. The van der Waals surface area contributed by atoms with Crippen molar-refractivity contribution in [2.45, 2.75) is 23.6 Å². The smallest absolute Gasteiger partial charge is 0.319 e. The predicted molar refractivity (Wildman–Crippen MR) is 70.6 cm³/mol. The molecule has 2 aromatic heterocycles. The number of carboxylic acids is 1. The van der Waals surface area contributed by atoms with Gasteiger partial charge < -0.3 is 5.11 Å². The lowest BCUT2D eigenvalue weighted by atomic mass is 10.2. The molecule has 1 N–H and O–H groups in total. The van der Waals surface area contributed by atoms with Crippen LogP contribution < -0.4 is 0 Å². The van der Waals surface area contributed by atoms with Crippen molar-refractivity contribution in [1.29, 1.82) is 0 Å². The molecule has 0 unspecified atom stereocenters. The van der Waals surface area contributed by atoms with E-state index in [4.69, 9.17) is 0 Å². The van der Waals surface area contributed by atoms with Crippen LogP contribution in [0.15, 0.2) is 36.3 Å². The van der Waals surface area contributed by atoms with Crippen molar-refractivity contribution in [3.63, 3.8) is 0 Å². The number of aliphatic carboxylic acids is 1. The van der Waals surface area contributed by atoms with Gasteiger partial charge in [-0.3, -0.25) is 4.79 Å². The Hall–Kier alpha value is -2.02. The molecule has 0 spiro atoms. The fourth-order valence-electron chi connectivity index (χ4n) is 1.32. The van der Waals surface area contributed by atoms with Crippen LogP contribution in [0.4, 0.5) is 0 Å². The van der Waals surface area contributed by atoms with Gasteiger partial charge in [-0.2, -0.15) is 0 Å². The Bertz CT molecular complexity index is 589. The zero-order valence-corrected chi connectivity index (χ0v) is 11.3. The van der Waals surface area contributed by atoms with E-state index in [0.717, 1.165) is 11.1 Å². The highest BCUT2D eigenvalue weighted by Crippen LogP contribution is 2.36. The molecule has 0 radical (unpaired) electrons. The number of rotatable bonds is 4. The number of carbonyl (C=O) groups is 1.